The van der Waals surface area contributed by atoms with Gasteiger partial charge in [-0.15, -0.1) is 11.3 Å². The molecule has 2 aromatic carbocycles. The quantitative estimate of drug-likeness (QED) is 0.776. The molecule has 3 rings (SSSR count). The van der Waals surface area contributed by atoms with E-state index < -0.39 is 5.97 Å². The number of carbonyl (C=O) groups is 1. The van der Waals surface area contributed by atoms with Gasteiger partial charge < -0.3 is 5.11 Å². The van der Waals surface area contributed by atoms with Gasteiger partial charge in [0, 0.05) is 17.4 Å². The Morgan fingerprint density at radius 2 is 1.95 bits per heavy atom. The highest BCUT2D eigenvalue weighted by Gasteiger charge is 2.07. The van der Waals surface area contributed by atoms with Gasteiger partial charge in [0.15, 0.2) is 0 Å². The summed E-state index contributed by atoms with van der Waals surface area (Å²) >= 11 is 1.63. The standard InChI is InChI=1S/C18H15NO2S/c1-12-3-2-4-15(9-12)16-11-22-17(19-16)10-13-5-7-14(8-6-13)18(20)21/h2-9,11H,10H2,1H3,(H,20,21). The largest absolute Gasteiger partial charge is 0.478 e. The highest BCUT2D eigenvalue weighted by molar-refractivity contribution is 7.10. The van der Waals surface area contributed by atoms with Gasteiger partial charge in [-0.2, -0.15) is 0 Å². The number of benzene rings is 2. The van der Waals surface area contributed by atoms with Crippen LogP contribution in [0.25, 0.3) is 11.3 Å². The molecule has 1 N–H and O–H groups in total. The molecule has 0 aliphatic rings. The van der Waals surface area contributed by atoms with Crippen molar-refractivity contribution in [2.45, 2.75) is 13.3 Å². The minimum atomic E-state index is -0.900. The van der Waals surface area contributed by atoms with E-state index in [-0.39, 0.29) is 0 Å². The van der Waals surface area contributed by atoms with Gasteiger partial charge in [0.2, 0.25) is 0 Å². The number of carboxylic acids is 1. The van der Waals surface area contributed by atoms with Crippen LogP contribution >= 0.6 is 11.3 Å². The third kappa shape index (κ3) is 3.23. The molecule has 1 aromatic heterocycles. The van der Waals surface area contributed by atoms with E-state index in [2.05, 4.69) is 35.5 Å². The smallest absolute Gasteiger partial charge is 0.335 e. The van der Waals surface area contributed by atoms with Crippen LogP contribution < -0.4 is 0 Å². The number of thiazole rings is 1. The zero-order valence-electron chi connectivity index (χ0n) is 12.1. The number of hydrogen-bond donors (Lipinski definition) is 1. The van der Waals surface area contributed by atoms with E-state index in [1.54, 1.807) is 23.5 Å². The second-order valence-corrected chi connectivity index (χ2v) is 6.12. The predicted molar refractivity (Wildman–Crippen MR) is 88.5 cm³/mol. The van der Waals surface area contributed by atoms with Crippen molar-refractivity contribution in [3.05, 3.63) is 75.6 Å². The molecule has 0 saturated carbocycles. The molecule has 0 unspecified atom stereocenters. The molecular weight excluding hydrogens is 294 g/mol. The van der Waals surface area contributed by atoms with Crippen molar-refractivity contribution in [2.75, 3.05) is 0 Å². The lowest BCUT2D eigenvalue weighted by atomic mass is 10.1. The first kappa shape index (κ1) is 14.5. The summed E-state index contributed by atoms with van der Waals surface area (Å²) in [5, 5.41) is 12.0. The zero-order valence-corrected chi connectivity index (χ0v) is 12.9. The van der Waals surface area contributed by atoms with Crippen molar-refractivity contribution >= 4 is 17.3 Å². The highest BCUT2D eigenvalue weighted by Crippen LogP contribution is 2.24. The van der Waals surface area contributed by atoms with Crippen molar-refractivity contribution in [3.63, 3.8) is 0 Å². The van der Waals surface area contributed by atoms with Crippen LogP contribution in [-0.2, 0) is 6.42 Å². The molecule has 0 spiro atoms. The second-order valence-electron chi connectivity index (χ2n) is 5.17. The highest BCUT2D eigenvalue weighted by atomic mass is 32.1. The monoisotopic (exact) mass is 309 g/mol. The van der Waals surface area contributed by atoms with E-state index in [0.29, 0.717) is 5.56 Å². The Balaban J connectivity index is 1.78. The molecule has 22 heavy (non-hydrogen) atoms. The average molecular weight is 309 g/mol. The molecule has 3 nitrogen and oxygen atoms in total. The minimum Gasteiger partial charge on any atom is -0.478 e. The van der Waals surface area contributed by atoms with Crippen molar-refractivity contribution in [1.29, 1.82) is 0 Å². The molecule has 110 valence electrons. The van der Waals surface area contributed by atoms with Crippen molar-refractivity contribution in [2.24, 2.45) is 0 Å². The average Bonchev–Trinajstić information content (AvgIpc) is 2.96. The van der Waals surface area contributed by atoms with Gasteiger partial charge in [-0.3, -0.25) is 0 Å². The molecule has 0 bridgehead atoms. The van der Waals surface area contributed by atoms with Crippen LogP contribution in [0.5, 0.6) is 0 Å². The number of nitrogens with zero attached hydrogens (tertiary/aromatic N) is 1. The van der Waals surface area contributed by atoms with E-state index >= 15 is 0 Å². The van der Waals surface area contributed by atoms with E-state index in [9.17, 15) is 4.79 Å². The van der Waals surface area contributed by atoms with Crippen LogP contribution in [0.4, 0.5) is 0 Å². The van der Waals surface area contributed by atoms with E-state index in [0.717, 1.165) is 28.2 Å². The number of carboxylic acid groups (broad SMARTS) is 1. The second kappa shape index (κ2) is 6.12. The summed E-state index contributed by atoms with van der Waals surface area (Å²) in [6.07, 6.45) is 0.719. The summed E-state index contributed by atoms with van der Waals surface area (Å²) in [4.78, 5) is 15.5. The predicted octanol–water partition coefficient (Wildman–Crippen LogP) is 4.41. The summed E-state index contributed by atoms with van der Waals surface area (Å²) in [5.41, 5.74) is 4.71. The Morgan fingerprint density at radius 1 is 1.18 bits per heavy atom. The Hall–Kier alpha value is -2.46. The summed E-state index contributed by atoms with van der Waals surface area (Å²) in [6.45, 7) is 2.07. The topological polar surface area (TPSA) is 50.2 Å². The first-order chi connectivity index (χ1) is 10.6. The van der Waals surface area contributed by atoms with Gasteiger partial charge in [0.1, 0.15) is 0 Å². The Kier molecular flexibility index (Phi) is 4.02. The van der Waals surface area contributed by atoms with Gasteiger partial charge >= 0.3 is 5.97 Å². The van der Waals surface area contributed by atoms with Crippen molar-refractivity contribution < 1.29 is 9.90 Å². The number of hydrogen-bond acceptors (Lipinski definition) is 3. The molecule has 3 aromatic rings. The van der Waals surface area contributed by atoms with Crippen LogP contribution in [0.2, 0.25) is 0 Å². The lowest BCUT2D eigenvalue weighted by Gasteiger charge is -2.00. The lowest BCUT2D eigenvalue weighted by molar-refractivity contribution is 0.0697. The number of aromatic nitrogens is 1. The first-order valence-corrected chi connectivity index (χ1v) is 7.83. The summed E-state index contributed by atoms with van der Waals surface area (Å²) in [7, 11) is 0. The van der Waals surface area contributed by atoms with Gasteiger partial charge in [-0.05, 0) is 30.7 Å². The maximum atomic E-state index is 10.8. The maximum absolute atomic E-state index is 10.8. The lowest BCUT2D eigenvalue weighted by Crippen LogP contribution is -1.96. The zero-order chi connectivity index (χ0) is 15.5. The molecule has 4 heteroatoms. The summed E-state index contributed by atoms with van der Waals surface area (Å²) in [5.74, 6) is -0.900. The molecule has 0 radical (unpaired) electrons. The Labute approximate surface area is 132 Å². The van der Waals surface area contributed by atoms with Gasteiger partial charge in [0.25, 0.3) is 0 Å². The van der Waals surface area contributed by atoms with Gasteiger partial charge in [-0.25, -0.2) is 9.78 Å². The van der Waals surface area contributed by atoms with Crippen LogP contribution in [0.1, 0.15) is 26.5 Å². The fraction of sp³-hybridized carbons (Fsp3) is 0.111. The molecule has 0 aliphatic carbocycles. The maximum Gasteiger partial charge on any atom is 0.335 e. The molecule has 0 amide bonds. The third-order valence-electron chi connectivity index (χ3n) is 3.42. The fourth-order valence-electron chi connectivity index (χ4n) is 2.27. The van der Waals surface area contributed by atoms with E-state index in [4.69, 9.17) is 5.11 Å². The minimum absolute atomic E-state index is 0.309. The van der Waals surface area contributed by atoms with Gasteiger partial charge in [-0.1, -0.05) is 35.9 Å². The first-order valence-electron chi connectivity index (χ1n) is 6.95. The van der Waals surface area contributed by atoms with Gasteiger partial charge in [0.05, 0.1) is 16.3 Å². The van der Waals surface area contributed by atoms with E-state index in [1.165, 1.54) is 5.56 Å². The normalized spacial score (nSPS) is 10.6. The fourth-order valence-corrected chi connectivity index (χ4v) is 3.11. The van der Waals surface area contributed by atoms with Crippen LogP contribution in [0.15, 0.2) is 53.9 Å². The summed E-state index contributed by atoms with van der Waals surface area (Å²) < 4.78 is 0. The number of aromatic carboxylic acids is 1. The number of aryl methyl sites for hydroxylation is 1. The molecule has 0 aliphatic heterocycles. The molecule has 0 atom stereocenters. The molecule has 0 fully saturated rings. The van der Waals surface area contributed by atoms with Crippen LogP contribution in [0, 0.1) is 6.92 Å². The molecule has 1 heterocycles. The third-order valence-corrected chi connectivity index (χ3v) is 4.27. The SMILES string of the molecule is Cc1cccc(-c2csc(Cc3ccc(C(=O)O)cc3)n2)c1. The van der Waals surface area contributed by atoms with Crippen molar-refractivity contribution in [3.8, 4) is 11.3 Å². The molecule has 0 saturated heterocycles. The Bertz CT molecular complexity index is 806. The van der Waals surface area contributed by atoms with Crippen LogP contribution in [-0.4, -0.2) is 16.1 Å². The molecular formula is C18H15NO2S. The van der Waals surface area contributed by atoms with Crippen LogP contribution in [0.3, 0.4) is 0 Å². The Morgan fingerprint density at radius 3 is 2.64 bits per heavy atom. The van der Waals surface area contributed by atoms with E-state index in [1.807, 2.05) is 18.2 Å². The number of rotatable bonds is 4. The summed E-state index contributed by atoms with van der Waals surface area (Å²) in [6, 6.07) is 15.2. The van der Waals surface area contributed by atoms with Crippen molar-refractivity contribution in [1.82, 2.24) is 4.98 Å².